The van der Waals surface area contributed by atoms with Gasteiger partial charge >= 0.3 is 0 Å². The van der Waals surface area contributed by atoms with Crippen LogP contribution in [0.5, 0.6) is 0 Å². The van der Waals surface area contributed by atoms with Crippen LogP contribution in [0.3, 0.4) is 0 Å². The average molecular weight is 354 g/mol. The smallest absolute Gasteiger partial charge is 0.147 e. The predicted molar refractivity (Wildman–Crippen MR) is 99.7 cm³/mol. The van der Waals surface area contributed by atoms with Gasteiger partial charge in [0.15, 0.2) is 0 Å². The molecule has 136 valence electrons. The quantitative estimate of drug-likeness (QED) is 0.335. The highest BCUT2D eigenvalue weighted by Crippen LogP contribution is 2.30. The fourth-order valence-corrected chi connectivity index (χ4v) is 2.00. The van der Waals surface area contributed by atoms with Crippen molar-refractivity contribution in [2.75, 3.05) is 0 Å². The number of amidine groups is 1. The molecule has 1 aromatic carbocycles. The van der Waals surface area contributed by atoms with Gasteiger partial charge < -0.3 is 5.73 Å². The molecule has 8 nitrogen and oxygen atoms in total. The van der Waals surface area contributed by atoms with Gasteiger partial charge in [0.25, 0.3) is 0 Å². The number of nitriles is 2. The van der Waals surface area contributed by atoms with E-state index in [1.165, 1.54) is 6.34 Å². The summed E-state index contributed by atoms with van der Waals surface area (Å²) in [5.74, 6) is 0.00784. The lowest BCUT2D eigenvalue weighted by Crippen LogP contribution is -2.19. The number of rotatable bonds is 7. The van der Waals surface area contributed by atoms with Crippen LogP contribution in [-0.2, 0) is 22.4 Å². The molecule has 8 heteroatoms. The van der Waals surface area contributed by atoms with Gasteiger partial charge in [0.05, 0.1) is 29.5 Å². The van der Waals surface area contributed by atoms with Crippen molar-refractivity contribution in [3.05, 3.63) is 34.9 Å². The van der Waals surface area contributed by atoms with Gasteiger partial charge in [-0.25, -0.2) is 9.98 Å². The van der Waals surface area contributed by atoms with Gasteiger partial charge in [0.2, 0.25) is 0 Å². The Balaban J connectivity index is 3.17. The Labute approximate surface area is 152 Å². The Kier molecular flexibility index (Phi) is 7.00. The molecule has 26 heavy (non-hydrogen) atoms. The number of nitrogens with zero attached hydrogens (tertiary/aromatic N) is 5. The van der Waals surface area contributed by atoms with Crippen LogP contribution < -0.4 is 5.73 Å². The van der Waals surface area contributed by atoms with Crippen molar-refractivity contribution >= 4 is 18.4 Å². The molecule has 0 radical (unpaired) electrons. The summed E-state index contributed by atoms with van der Waals surface area (Å²) in [4.78, 5) is 11.5. The third-order valence-corrected chi connectivity index (χ3v) is 3.79. The van der Waals surface area contributed by atoms with Crippen molar-refractivity contribution < 1.29 is 10.2 Å². The molecule has 3 N–H and O–H groups in total. The summed E-state index contributed by atoms with van der Waals surface area (Å²) in [6.07, 6.45) is 2.28. The molecule has 0 bridgehead atoms. The van der Waals surface area contributed by atoms with Crippen LogP contribution in [0.4, 0.5) is 0 Å². The van der Waals surface area contributed by atoms with Crippen molar-refractivity contribution in [3.63, 3.8) is 0 Å². The first-order chi connectivity index (χ1) is 12.2. The molecule has 0 amide bonds. The Bertz CT molecular complexity index is 766. The van der Waals surface area contributed by atoms with Crippen molar-refractivity contribution in [1.29, 1.82) is 10.5 Å². The summed E-state index contributed by atoms with van der Waals surface area (Å²) in [6, 6.07) is 10.2. The van der Waals surface area contributed by atoms with Gasteiger partial charge in [0, 0.05) is 0 Å². The molecule has 0 saturated heterocycles. The maximum Gasteiger partial charge on any atom is 0.147 e. The summed E-state index contributed by atoms with van der Waals surface area (Å²) in [5.41, 5.74) is 6.59. The molecule has 0 aliphatic carbocycles. The first-order valence-corrected chi connectivity index (χ1v) is 7.79. The Morgan fingerprint density at radius 2 is 1.69 bits per heavy atom. The first kappa shape index (κ1) is 20.8. The zero-order valence-electron chi connectivity index (χ0n) is 15.3. The van der Waals surface area contributed by atoms with Gasteiger partial charge in [-0.15, -0.1) is 0 Å². The number of aliphatic imine (C=N–C) groups is 2. The second-order valence-electron chi connectivity index (χ2n) is 6.72. The molecule has 0 aliphatic rings. The SMILES string of the molecule is CC(C)(C#N)c1cc(CN=CN=C(N)/C=N/OO)cc(C(C)(C)C#N)c1. The molecule has 0 atom stereocenters. The highest BCUT2D eigenvalue weighted by molar-refractivity contribution is 6.29. The van der Waals surface area contributed by atoms with E-state index in [4.69, 9.17) is 11.0 Å². The molecule has 0 aliphatic heterocycles. The zero-order chi connectivity index (χ0) is 19.8. The normalized spacial score (nSPS) is 13.0. The van der Waals surface area contributed by atoms with E-state index < -0.39 is 10.8 Å². The van der Waals surface area contributed by atoms with Crippen molar-refractivity contribution in [3.8, 4) is 12.1 Å². The van der Waals surface area contributed by atoms with Crippen molar-refractivity contribution in [1.82, 2.24) is 0 Å². The molecular formula is C18H22N6O2. The standard InChI is InChI=1S/C18H22N6O2/c1-17(2,10-19)14-5-13(6-15(7-14)18(3,4)11-20)8-22-12-23-16(21)9-24-26-25/h5-7,9,12,25H,8H2,1-4H3,(H2,21,22,23)/b24-9+. The van der Waals surface area contributed by atoms with Gasteiger partial charge in [-0.3, -0.25) is 4.99 Å². The molecule has 0 unspecified atom stereocenters. The van der Waals surface area contributed by atoms with Crippen molar-refractivity contribution in [2.45, 2.75) is 45.1 Å². The van der Waals surface area contributed by atoms with Crippen LogP contribution in [-0.4, -0.2) is 23.6 Å². The number of hydrogen-bond donors (Lipinski definition) is 2. The third-order valence-electron chi connectivity index (χ3n) is 3.79. The predicted octanol–water partition coefficient (Wildman–Crippen LogP) is 2.65. The van der Waals surface area contributed by atoms with Gasteiger partial charge in [-0.05, 0) is 49.5 Å². The minimum atomic E-state index is -0.691. The highest BCUT2D eigenvalue weighted by Gasteiger charge is 2.26. The monoisotopic (exact) mass is 354 g/mol. The van der Waals surface area contributed by atoms with Crippen LogP contribution in [0.15, 0.2) is 33.3 Å². The molecule has 0 saturated carbocycles. The Morgan fingerprint density at radius 3 is 2.15 bits per heavy atom. The van der Waals surface area contributed by atoms with Crippen molar-refractivity contribution in [2.24, 2.45) is 20.9 Å². The van der Waals surface area contributed by atoms with Crippen LogP contribution in [0, 0.1) is 22.7 Å². The highest BCUT2D eigenvalue weighted by atomic mass is 17.2. The maximum absolute atomic E-state index is 9.42. The lowest BCUT2D eigenvalue weighted by Gasteiger charge is -2.22. The summed E-state index contributed by atoms with van der Waals surface area (Å²) in [5, 5.41) is 30.0. The average Bonchev–Trinajstić information content (AvgIpc) is 2.63. The lowest BCUT2D eigenvalue weighted by molar-refractivity contribution is -0.242. The van der Waals surface area contributed by atoms with E-state index in [9.17, 15) is 10.5 Å². The number of hydrogen-bond acceptors (Lipinski definition) is 6. The molecule has 0 spiro atoms. The number of oxime groups is 1. The van der Waals surface area contributed by atoms with Gasteiger partial charge in [0.1, 0.15) is 18.4 Å². The third kappa shape index (κ3) is 5.69. The number of nitrogens with two attached hydrogens (primary N) is 1. The van der Waals surface area contributed by atoms with Crippen LogP contribution >= 0.6 is 0 Å². The maximum atomic E-state index is 9.42. The van der Waals surface area contributed by atoms with E-state index in [0.717, 1.165) is 22.9 Å². The number of benzene rings is 1. The van der Waals surface area contributed by atoms with E-state index in [2.05, 4.69) is 32.3 Å². The fraction of sp³-hybridized carbons (Fsp3) is 0.389. The summed E-state index contributed by atoms with van der Waals surface area (Å²) >= 11 is 0. The molecular weight excluding hydrogens is 332 g/mol. The second kappa shape index (κ2) is 8.75. The minimum absolute atomic E-state index is 0.00784. The van der Waals surface area contributed by atoms with Crippen LogP contribution in [0.1, 0.15) is 44.4 Å². The molecule has 0 heterocycles. The summed E-state index contributed by atoms with van der Waals surface area (Å²) < 4.78 is 0. The van der Waals surface area contributed by atoms with E-state index >= 15 is 0 Å². The van der Waals surface area contributed by atoms with Crippen LogP contribution in [0.2, 0.25) is 0 Å². The first-order valence-electron chi connectivity index (χ1n) is 7.79. The zero-order valence-corrected chi connectivity index (χ0v) is 15.3. The van der Waals surface area contributed by atoms with Gasteiger partial charge in [-0.2, -0.15) is 15.8 Å². The van der Waals surface area contributed by atoms with Gasteiger partial charge in [-0.1, -0.05) is 18.2 Å². The van der Waals surface area contributed by atoms with E-state index in [0.29, 0.717) is 6.54 Å². The summed E-state index contributed by atoms with van der Waals surface area (Å²) in [6.45, 7) is 7.60. The molecule has 0 fully saturated rings. The van der Waals surface area contributed by atoms with Crippen LogP contribution in [0.25, 0.3) is 0 Å². The lowest BCUT2D eigenvalue weighted by atomic mass is 9.79. The Morgan fingerprint density at radius 1 is 1.15 bits per heavy atom. The Hall–Kier alpha value is -3.23. The molecule has 1 aromatic rings. The largest absolute Gasteiger partial charge is 0.382 e. The minimum Gasteiger partial charge on any atom is -0.382 e. The summed E-state index contributed by atoms with van der Waals surface area (Å²) in [7, 11) is 0. The fourth-order valence-electron chi connectivity index (χ4n) is 2.00. The van der Waals surface area contributed by atoms with E-state index in [1.54, 1.807) is 0 Å². The van der Waals surface area contributed by atoms with E-state index in [1.807, 2.05) is 45.9 Å². The second-order valence-corrected chi connectivity index (χ2v) is 6.72. The topological polar surface area (TPSA) is 140 Å². The molecule has 1 rings (SSSR count). The van der Waals surface area contributed by atoms with E-state index in [-0.39, 0.29) is 5.84 Å². The molecule has 0 aromatic heterocycles.